The van der Waals surface area contributed by atoms with E-state index >= 15 is 0 Å². The van der Waals surface area contributed by atoms with E-state index in [1.54, 1.807) is 36.1 Å². The number of hydrogen-bond acceptors (Lipinski definition) is 6. The molecule has 0 spiro atoms. The van der Waals surface area contributed by atoms with E-state index in [4.69, 9.17) is 0 Å². The van der Waals surface area contributed by atoms with Crippen molar-refractivity contribution in [2.45, 2.75) is 38.3 Å². The minimum Gasteiger partial charge on any atom is -0.383 e. The van der Waals surface area contributed by atoms with Crippen LogP contribution in [0.2, 0.25) is 0 Å². The summed E-state index contributed by atoms with van der Waals surface area (Å²) < 4.78 is 14.5. The fraction of sp³-hybridized carbons (Fsp3) is 0.429. The van der Waals surface area contributed by atoms with Crippen molar-refractivity contribution < 1.29 is 19.1 Å². The molecule has 8 nitrogen and oxygen atoms in total. The van der Waals surface area contributed by atoms with Crippen LogP contribution in [0.4, 0.5) is 16.0 Å². The number of halogens is 1. The van der Waals surface area contributed by atoms with Crippen LogP contribution in [0.15, 0.2) is 30.5 Å². The van der Waals surface area contributed by atoms with Gasteiger partial charge in [0, 0.05) is 50.3 Å². The highest BCUT2D eigenvalue weighted by Gasteiger charge is 2.31. The Labute approximate surface area is 173 Å². The van der Waals surface area contributed by atoms with Crippen LogP contribution in [-0.4, -0.2) is 63.6 Å². The zero-order valence-electron chi connectivity index (χ0n) is 16.7. The van der Waals surface area contributed by atoms with E-state index in [0.29, 0.717) is 43.3 Å². The third kappa shape index (κ3) is 4.11. The first-order chi connectivity index (χ1) is 14.4. The summed E-state index contributed by atoms with van der Waals surface area (Å²) >= 11 is 0. The second-order valence-corrected chi connectivity index (χ2v) is 7.66. The van der Waals surface area contributed by atoms with Crippen molar-refractivity contribution in [2.24, 2.45) is 0 Å². The smallest absolute Gasteiger partial charge is 0.255 e. The van der Waals surface area contributed by atoms with Crippen molar-refractivity contribution >= 4 is 23.5 Å². The van der Waals surface area contributed by atoms with Crippen molar-refractivity contribution in [3.8, 4) is 11.3 Å². The van der Waals surface area contributed by atoms with Gasteiger partial charge in [0.25, 0.3) is 5.91 Å². The van der Waals surface area contributed by atoms with E-state index in [1.165, 1.54) is 4.90 Å². The van der Waals surface area contributed by atoms with Crippen LogP contribution < -0.4 is 10.2 Å². The first-order valence-corrected chi connectivity index (χ1v) is 10.1. The standard InChI is InChI=1S/C21H24FN5O3/c1-13(28)26-8-5-15(6-9-26)24-21-23-12-17(22)19(25-21)14-3-2-4-16(11-14)27-10-7-18(29)20(27)30/h2-4,11-12,15,18,29H,5-10H2,1H3,(H,23,24,25). The van der Waals surface area contributed by atoms with Gasteiger partial charge >= 0.3 is 0 Å². The Morgan fingerprint density at radius 1 is 1.23 bits per heavy atom. The molecule has 30 heavy (non-hydrogen) atoms. The van der Waals surface area contributed by atoms with E-state index in [1.807, 2.05) is 0 Å². The molecule has 2 amide bonds. The summed E-state index contributed by atoms with van der Waals surface area (Å²) in [5.41, 5.74) is 1.26. The zero-order chi connectivity index (χ0) is 21.3. The number of aliphatic hydroxyl groups is 1. The van der Waals surface area contributed by atoms with Gasteiger partial charge in [0.15, 0.2) is 5.82 Å². The molecule has 9 heteroatoms. The number of rotatable bonds is 4. The van der Waals surface area contributed by atoms with Gasteiger partial charge in [-0.15, -0.1) is 0 Å². The second-order valence-electron chi connectivity index (χ2n) is 7.66. The summed E-state index contributed by atoms with van der Waals surface area (Å²) in [6.45, 7) is 3.31. The van der Waals surface area contributed by atoms with Crippen molar-refractivity contribution in [3.63, 3.8) is 0 Å². The van der Waals surface area contributed by atoms with Crippen LogP contribution in [0.5, 0.6) is 0 Å². The first-order valence-electron chi connectivity index (χ1n) is 10.1. The summed E-state index contributed by atoms with van der Waals surface area (Å²) in [5, 5.41) is 12.9. The Bertz CT molecular complexity index is 961. The summed E-state index contributed by atoms with van der Waals surface area (Å²) in [6.07, 6.45) is 2.05. The van der Waals surface area contributed by atoms with Gasteiger partial charge in [-0.1, -0.05) is 12.1 Å². The predicted octanol–water partition coefficient (Wildman–Crippen LogP) is 1.80. The fourth-order valence-corrected chi connectivity index (χ4v) is 3.90. The highest BCUT2D eigenvalue weighted by molar-refractivity contribution is 5.99. The molecule has 2 N–H and O–H groups in total. The number of carbonyl (C=O) groups excluding carboxylic acids is 2. The molecule has 1 aromatic carbocycles. The molecule has 0 aliphatic carbocycles. The van der Waals surface area contributed by atoms with E-state index < -0.39 is 11.9 Å². The molecule has 1 unspecified atom stereocenters. The van der Waals surface area contributed by atoms with E-state index in [9.17, 15) is 19.1 Å². The number of anilines is 2. The molecule has 0 bridgehead atoms. The summed E-state index contributed by atoms with van der Waals surface area (Å²) in [5.74, 6) is -0.519. The molecule has 4 rings (SSSR count). The number of hydrogen-bond donors (Lipinski definition) is 2. The number of amides is 2. The van der Waals surface area contributed by atoms with Crippen LogP contribution >= 0.6 is 0 Å². The van der Waals surface area contributed by atoms with Crippen molar-refractivity contribution in [1.82, 2.24) is 14.9 Å². The van der Waals surface area contributed by atoms with Crippen LogP contribution in [0.1, 0.15) is 26.2 Å². The lowest BCUT2D eigenvalue weighted by atomic mass is 10.1. The maximum atomic E-state index is 14.5. The highest BCUT2D eigenvalue weighted by Crippen LogP contribution is 2.28. The normalized spacial score (nSPS) is 20.0. The minimum absolute atomic E-state index is 0.0673. The van der Waals surface area contributed by atoms with Crippen molar-refractivity contribution in [2.75, 3.05) is 29.9 Å². The maximum Gasteiger partial charge on any atom is 0.255 e. The fourth-order valence-electron chi connectivity index (χ4n) is 3.90. The molecule has 0 radical (unpaired) electrons. The van der Waals surface area contributed by atoms with Crippen molar-refractivity contribution in [3.05, 3.63) is 36.3 Å². The van der Waals surface area contributed by atoms with E-state index in [2.05, 4.69) is 15.3 Å². The predicted molar refractivity (Wildman–Crippen MR) is 109 cm³/mol. The Hall–Kier alpha value is -3.07. The molecule has 3 heterocycles. The van der Waals surface area contributed by atoms with Crippen LogP contribution in [0.3, 0.4) is 0 Å². The third-order valence-corrected chi connectivity index (χ3v) is 5.63. The lowest BCUT2D eigenvalue weighted by Gasteiger charge is -2.31. The molecule has 2 aliphatic rings. The Balaban J connectivity index is 1.52. The van der Waals surface area contributed by atoms with Gasteiger partial charge in [0.1, 0.15) is 11.8 Å². The van der Waals surface area contributed by atoms with Gasteiger partial charge in [-0.05, 0) is 25.0 Å². The highest BCUT2D eigenvalue weighted by atomic mass is 19.1. The number of aliphatic hydroxyl groups excluding tert-OH is 1. The molecule has 2 aromatic rings. The van der Waals surface area contributed by atoms with E-state index in [-0.39, 0.29) is 23.6 Å². The molecular weight excluding hydrogens is 389 g/mol. The number of aromatic nitrogens is 2. The number of carbonyl (C=O) groups is 2. The SMILES string of the molecule is CC(=O)N1CCC(Nc2ncc(F)c(-c3cccc(N4CCC(O)C4=O)c3)n2)CC1. The Kier molecular flexibility index (Phi) is 5.63. The Morgan fingerprint density at radius 3 is 2.67 bits per heavy atom. The largest absolute Gasteiger partial charge is 0.383 e. The molecule has 1 atom stereocenters. The Morgan fingerprint density at radius 2 is 2.00 bits per heavy atom. The monoisotopic (exact) mass is 413 g/mol. The van der Waals surface area contributed by atoms with Gasteiger partial charge < -0.3 is 20.2 Å². The molecular formula is C21H24FN5O3. The molecule has 2 aliphatic heterocycles. The zero-order valence-corrected chi connectivity index (χ0v) is 16.7. The minimum atomic E-state index is -0.991. The molecule has 1 aromatic heterocycles. The average Bonchev–Trinajstić information content (AvgIpc) is 3.08. The lowest BCUT2D eigenvalue weighted by molar-refractivity contribution is -0.129. The van der Waals surface area contributed by atoms with Crippen LogP contribution in [0.25, 0.3) is 11.3 Å². The number of piperidine rings is 1. The van der Waals surface area contributed by atoms with Gasteiger partial charge in [-0.3, -0.25) is 9.59 Å². The van der Waals surface area contributed by atoms with Crippen LogP contribution in [-0.2, 0) is 9.59 Å². The van der Waals surface area contributed by atoms with Crippen molar-refractivity contribution in [1.29, 1.82) is 0 Å². The number of nitrogens with zero attached hydrogens (tertiary/aromatic N) is 4. The number of benzene rings is 1. The molecule has 158 valence electrons. The van der Waals surface area contributed by atoms with E-state index in [0.717, 1.165) is 19.0 Å². The van der Waals surface area contributed by atoms with Gasteiger partial charge in [-0.2, -0.15) is 0 Å². The summed E-state index contributed by atoms with van der Waals surface area (Å²) in [6, 6.07) is 7.00. The number of likely N-dealkylation sites (tertiary alicyclic amines) is 1. The lowest BCUT2D eigenvalue weighted by Crippen LogP contribution is -2.41. The maximum absolute atomic E-state index is 14.5. The van der Waals surface area contributed by atoms with Gasteiger partial charge in [-0.25, -0.2) is 14.4 Å². The topological polar surface area (TPSA) is 98.7 Å². The third-order valence-electron chi connectivity index (χ3n) is 5.63. The summed E-state index contributed by atoms with van der Waals surface area (Å²) in [4.78, 5) is 35.3. The average molecular weight is 413 g/mol. The molecule has 2 saturated heterocycles. The second kappa shape index (κ2) is 8.35. The summed E-state index contributed by atoms with van der Waals surface area (Å²) in [7, 11) is 0. The quantitative estimate of drug-likeness (QED) is 0.793. The number of nitrogens with one attached hydrogen (secondary N) is 1. The van der Waals surface area contributed by atoms with Gasteiger partial charge in [0.05, 0.1) is 6.20 Å². The van der Waals surface area contributed by atoms with Crippen LogP contribution in [0, 0.1) is 5.82 Å². The molecule has 0 saturated carbocycles. The molecule has 2 fully saturated rings. The van der Waals surface area contributed by atoms with Gasteiger partial charge in [0.2, 0.25) is 11.9 Å². The first kappa shape index (κ1) is 20.2.